The molecule has 3 nitrogen and oxygen atoms in total. The molecular weight excluding hydrogens is 468 g/mol. The average Bonchev–Trinajstić information content (AvgIpc) is 2.60. The third kappa shape index (κ3) is 3.08. The number of aryl methyl sites for hydroxylation is 2. The Morgan fingerprint density at radius 1 is 0.920 bits per heavy atom. The molecule has 3 rings (SSSR count). The molecule has 0 bridgehead atoms. The van der Waals surface area contributed by atoms with Crippen molar-refractivity contribution in [2.45, 2.75) is 28.9 Å². The molecule has 2 aromatic rings. The molecule has 1 atom stereocenters. The van der Waals surface area contributed by atoms with Crippen molar-refractivity contribution in [3.63, 3.8) is 0 Å². The first-order valence-electron chi connectivity index (χ1n) is 7.66. The Balaban J connectivity index is 2.26. The second kappa shape index (κ2) is 6.55. The Morgan fingerprint density at radius 3 is 2.12 bits per heavy atom. The molecule has 8 heteroatoms. The molecule has 0 radical (unpaired) electrons. The van der Waals surface area contributed by atoms with Crippen molar-refractivity contribution < 1.29 is 43.6 Å². The molecule has 1 aliphatic rings. The zero-order valence-corrected chi connectivity index (χ0v) is 16.1. The van der Waals surface area contributed by atoms with Gasteiger partial charge in [-0.25, -0.2) is 0 Å². The number of alkyl halides is 3. The zero-order valence-electron chi connectivity index (χ0n) is 13.1. The van der Waals surface area contributed by atoms with Gasteiger partial charge in [-0.05, 0) is 0 Å². The van der Waals surface area contributed by atoms with Crippen LogP contribution < -0.4 is 19.0 Å². The summed E-state index contributed by atoms with van der Waals surface area (Å²) in [7, 11) is -5.91. The second-order valence-corrected chi connectivity index (χ2v) is 14.7. The van der Waals surface area contributed by atoms with Crippen molar-refractivity contribution >= 4 is 10.1 Å². The van der Waals surface area contributed by atoms with Crippen LogP contribution in [-0.2, 0) is 23.0 Å². The Kier molecular flexibility index (Phi) is 4.89. The molecule has 138 valence electrons. The van der Waals surface area contributed by atoms with Crippen molar-refractivity contribution in [3.8, 4) is 0 Å². The molecule has 1 N–H and O–H groups in total. The SMILES string of the molecule is O=S(=O)(O)C(F)(F)[I-](F)(c1ccccc1)c1ccc2c(c1)CCCC2. The van der Waals surface area contributed by atoms with Gasteiger partial charge in [-0.15, -0.1) is 0 Å². The Labute approximate surface area is 149 Å². The molecule has 1 aliphatic carbocycles. The van der Waals surface area contributed by atoms with Crippen LogP contribution >= 0.6 is 0 Å². The van der Waals surface area contributed by atoms with Gasteiger partial charge in [-0.1, -0.05) is 0 Å². The van der Waals surface area contributed by atoms with E-state index >= 15 is 2.86 Å². The van der Waals surface area contributed by atoms with Crippen molar-refractivity contribution in [1.29, 1.82) is 0 Å². The monoisotopic (exact) mass is 485 g/mol. The van der Waals surface area contributed by atoms with Gasteiger partial charge in [0, 0.05) is 0 Å². The van der Waals surface area contributed by atoms with Crippen LogP contribution in [0.25, 0.3) is 0 Å². The quantitative estimate of drug-likeness (QED) is 0.401. The van der Waals surface area contributed by atoms with Crippen LogP contribution in [-0.4, -0.2) is 16.2 Å². The maximum absolute atomic E-state index is 16.0. The van der Waals surface area contributed by atoms with Gasteiger partial charge >= 0.3 is 149 Å². The molecule has 0 saturated carbocycles. The summed E-state index contributed by atoms with van der Waals surface area (Å²) in [5, 5.41) is 0. The van der Waals surface area contributed by atoms with Crippen LogP contribution in [0.1, 0.15) is 24.0 Å². The first kappa shape index (κ1) is 18.7. The molecule has 0 saturated heterocycles. The third-order valence-electron chi connectivity index (χ3n) is 4.24. The molecule has 0 aliphatic heterocycles. The Hall–Kier alpha value is -1.13. The minimum absolute atomic E-state index is 0.304. The number of fused-ring (bicyclic) bond motifs is 1. The average molecular weight is 485 g/mol. The van der Waals surface area contributed by atoms with E-state index in [1.807, 2.05) is 0 Å². The van der Waals surface area contributed by atoms with E-state index in [1.165, 1.54) is 30.3 Å². The van der Waals surface area contributed by atoms with E-state index in [1.54, 1.807) is 6.07 Å². The van der Waals surface area contributed by atoms with Gasteiger partial charge < -0.3 is 0 Å². The summed E-state index contributed by atoms with van der Waals surface area (Å²) >= 11 is -6.16. The van der Waals surface area contributed by atoms with Gasteiger partial charge in [-0.2, -0.15) is 0 Å². The fourth-order valence-corrected chi connectivity index (χ4v) is 11.8. The number of hydrogen-bond donors (Lipinski definition) is 1. The number of rotatable bonds is 4. The van der Waals surface area contributed by atoms with E-state index in [0.717, 1.165) is 42.5 Å². The summed E-state index contributed by atoms with van der Waals surface area (Å²) < 4.78 is 71.5. The fraction of sp³-hybridized carbons (Fsp3) is 0.294. The first-order valence-corrected chi connectivity index (χ1v) is 13.2. The first-order chi connectivity index (χ1) is 11.7. The molecule has 0 amide bonds. The van der Waals surface area contributed by atoms with Crippen LogP contribution in [0.2, 0.25) is 0 Å². The van der Waals surface area contributed by atoms with E-state index in [0.29, 0.717) is 6.42 Å². The molecule has 25 heavy (non-hydrogen) atoms. The number of hydrogen-bond acceptors (Lipinski definition) is 2. The van der Waals surface area contributed by atoms with E-state index in [-0.39, 0.29) is 7.14 Å². The van der Waals surface area contributed by atoms with Gasteiger partial charge in [0.05, 0.1) is 0 Å². The normalized spacial score (nSPS) is 18.9. The van der Waals surface area contributed by atoms with Crippen molar-refractivity contribution in [3.05, 3.63) is 66.8 Å². The number of halogens is 4. The zero-order chi connectivity index (χ0) is 18.3. The summed E-state index contributed by atoms with van der Waals surface area (Å²) in [5.41, 5.74) is 1.75. The topological polar surface area (TPSA) is 54.4 Å². The summed E-state index contributed by atoms with van der Waals surface area (Å²) in [6.07, 6.45) is 3.29. The molecule has 1 unspecified atom stereocenters. The fourth-order valence-electron chi connectivity index (χ4n) is 2.97. The molecule has 0 fully saturated rings. The van der Waals surface area contributed by atoms with Crippen molar-refractivity contribution in [2.75, 3.05) is 0 Å². The van der Waals surface area contributed by atoms with E-state index in [9.17, 15) is 17.2 Å². The number of benzene rings is 2. The van der Waals surface area contributed by atoms with Crippen LogP contribution in [0, 0.1) is 7.14 Å². The third-order valence-corrected chi connectivity index (χ3v) is 14.5. The second-order valence-electron chi connectivity index (χ2n) is 5.83. The molecule has 0 spiro atoms. The summed E-state index contributed by atoms with van der Waals surface area (Å²) in [4.78, 5) is 0. The van der Waals surface area contributed by atoms with Gasteiger partial charge in [0.2, 0.25) is 0 Å². The van der Waals surface area contributed by atoms with Gasteiger partial charge in [0.25, 0.3) is 0 Å². The van der Waals surface area contributed by atoms with Gasteiger partial charge in [-0.3, -0.25) is 0 Å². The summed E-state index contributed by atoms with van der Waals surface area (Å²) in [6, 6.07) is 10.8. The van der Waals surface area contributed by atoms with Gasteiger partial charge in [0.1, 0.15) is 0 Å². The van der Waals surface area contributed by atoms with E-state index in [2.05, 4.69) is 0 Å². The Morgan fingerprint density at radius 2 is 1.52 bits per heavy atom. The molecule has 0 aromatic heterocycles. The van der Waals surface area contributed by atoms with Crippen LogP contribution in [0.4, 0.5) is 11.6 Å². The van der Waals surface area contributed by atoms with Gasteiger partial charge in [0.15, 0.2) is 0 Å². The van der Waals surface area contributed by atoms with E-state index in [4.69, 9.17) is 4.55 Å². The van der Waals surface area contributed by atoms with Crippen LogP contribution in [0.15, 0.2) is 48.5 Å². The molecule has 0 heterocycles. The standard InChI is InChI=1S/C17H17F3IO3S/c18-17(19,25(22,23)24)21(20,15-8-2-1-3-9-15)16-11-10-13-6-4-5-7-14(13)12-16/h1-3,8-12H,4-7H2,(H,22,23,24)/q-1. The molecular formula is C17H17F3IO3S-. The predicted octanol–water partition coefficient (Wildman–Crippen LogP) is 1.09. The minimum atomic E-state index is -6.16. The van der Waals surface area contributed by atoms with Crippen molar-refractivity contribution in [2.24, 2.45) is 0 Å². The van der Waals surface area contributed by atoms with E-state index < -0.39 is 32.4 Å². The molecule has 2 aromatic carbocycles. The van der Waals surface area contributed by atoms with Crippen LogP contribution in [0.3, 0.4) is 0 Å². The maximum atomic E-state index is 16.0. The van der Waals surface area contributed by atoms with Crippen molar-refractivity contribution in [1.82, 2.24) is 0 Å². The predicted molar refractivity (Wildman–Crippen MR) is 84.5 cm³/mol. The summed E-state index contributed by atoms with van der Waals surface area (Å²) in [5.74, 6) is 0. The van der Waals surface area contributed by atoms with Crippen LogP contribution in [0.5, 0.6) is 0 Å². The Bertz CT molecular complexity index is 887. The summed E-state index contributed by atoms with van der Waals surface area (Å²) in [6.45, 7) is 0.